The Morgan fingerprint density at radius 1 is 1.03 bits per heavy atom. The summed E-state index contributed by atoms with van der Waals surface area (Å²) in [5, 5.41) is 12.2. The number of carbonyl (C=O) groups excluding carboxylic acids is 3. The van der Waals surface area contributed by atoms with Crippen molar-refractivity contribution in [2.75, 3.05) is 7.11 Å². The molecule has 8 nitrogen and oxygen atoms in total. The number of ether oxygens (including phenoxy) is 1. The molecule has 29 heavy (non-hydrogen) atoms. The lowest BCUT2D eigenvalue weighted by atomic mass is 10.1. The van der Waals surface area contributed by atoms with Crippen molar-refractivity contribution in [3.63, 3.8) is 0 Å². The Kier molecular flexibility index (Phi) is 5.92. The molecule has 1 heterocycles. The molecule has 3 amide bonds. The molecule has 1 aliphatic rings. The van der Waals surface area contributed by atoms with Crippen LogP contribution in [0.25, 0.3) is 0 Å². The molecule has 2 aromatic rings. The highest BCUT2D eigenvalue weighted by atomic mass is 16.5. The quantitative estimate of drug-likeness (QED) is 0.659. The van der Waals surface area contributed by atoms with E-state index in [4.69, 9.17) is 4.74 Å². The van der Waals surface area contributed by atoms with Crippen molar-refractivity contribution in [2.45, 2.75) is 25.4 Å². The monoisotopic (exact) mass is 396 g/mol. The highest BCUT2D eigenvalue weighted by molar-refractivity contribution is 6.22. The second-order valence-corrected chi connectivity index (χ2v) is 6.54. The minimum absolute atomic E-state index is 0.138. The zero-order valence-corrected chi connectivity index (χ0v) is 15.8. The number of rotatable bonds is 8. The van der Waals surface area contributed by atoms with Gasteiger partial charge in [0.2, 0.25) is 5.91 Å². The maximum Gasteiger partial charge on any atom is 0.326 e. The van der Waals surface area contributed by atoms with Gasteiger partial charge in [0, 0.05) is 13.0 Å². The van der Waals surface area contributed by atoms with Gasteiger partial charge in [0.15, 0.2) is 0 Å². The van der Waals surface area contributed by atoms with Crippen LogP contribution in [0.2, 0.25) is 0 Å². The Morgan fingerprint density at radius 2 is 1.62 bits per heavy atom. The van der Waals surface area contributed by atoms with Crippen molar-refractivity contribution in [1.82, 2.24) is 10.2 Å². The van der Waals surface area contributed by atoms with Crippen LogP contribution in [0.3, 0.4) is 0 Å². The van der Waals surface area contributed by atoms with E-state index in [1.165, 1.54) is 12.1 Å². The van der Waals surface area contributed by atoms with Crippen LogP contribution in [0.1, 0.15) is 39.1 Å². The van der Waals surface area contributed by atoms with Gasteiger partial charge in [-0.1, -0.05) is 24.3 Å². The summed E-state index contributed by atoms with van der Waals surface area (Å²) in [4.78, 5) is 49.5. The second-order valence-electron chi connectivity index (χ2n) is 6.54. The smallest absolute Gasteiger partial charge is 0.326 e. The number of hydrogen-bond acceptors (Lipinski definition) is 5. The normalized spacial score (nSPS) is 13.8. The van der Waals surface area contributed by atoms with Gasteiger partial charge in [0.25, 0.3) is 11.8 Å². The maximum absolute atomic E-state index is 12.5. The predicted molar refractivity (Wildman–Crippen MR) is 102 cm³/mol. The average Bonchev–Trinajstić information content (AvgIpc) is 2.98. The summed E-state index contributed by atoms with van der Waals surface area (Å²) in [5.41, 5.74) is 1.20. The molecular weight excluding hydrogens is 376 g/mol. The fourth-order valence-electron chi connectivity index (χ4n) is 3.15. The lowest BCUT2D eigenvalue weighted by molar-refractivity contribution is -0.142. The molecule has 150 valence electrons. The predicted octanol–water partition coefficient (Wildman–Crippen LogP) is 1.84. The average molecular weight is 396 g/mol. The number of carbonyl (C=O) groups is 4. The Balaban J connectivity index is 1.60. The van der Waals surface area contributed by atoms with Gasteiger partial charge < -0.3 is 15.2 Å². The van der Waals surface area contributed by atoms with Crippen LogP contribution < -0.4 is 10.1 Å². The highest BCUT2D eigenvalue weighted by Gasteiger charge is 2.42. The van der Waals surface area contributed by atoms with Gasteiger partial charge in [-0.15, -0.1) is 0 Å². The summed E-state index contributed by atoms with van der Waals surface area (Å²) in [7, 11) is 1.56. The lowest BCUT2D eigenvalue weighted by Crippen LogP contribution is -2.45. The van der Waals surface area contributed by atoms with Gasteiger partial charge in [0.05, 0.1) is 18.2 Å². The second kappa shape index (κ2) is 8.55. The number of benzene rings is 2. The zero-order valence-electron chi connectivity index (χ0n) is 15.8. The zero-order chi connectivity index (χ0) is 21.0. The van der Waals surface area contributed by atoms with Crippen LogP contribution in [-0.4, -0.2) is 46.8 Å². The summed E-state index contributed by atoms with van der Waals surface area (Å²) in [6.45, 7) is 0.271. The first-order valence-corrected chi connectivity index (χ1v) is 9.01. The van der Waals surface area contributed by atoms with E-state index >= 15 is 0 Å². The van der Waals surface area contributed by atoms with E-state index in [0.717, 1.165) is 10.5 Å². The highest BCUT2D eigenvalue weighted by Crippen LogP contribution is 2.26. The van der Waals surface area contributed by atoms with Crippen molar-refractivity contribution in [2.24, 2.45) is 0 Å². The Bertz CT molecular complexity index is 919. The molecule has 0 unspecified atom stereocenters. The van der Waals surface area contributed by atoms with Gasteiger partial charge in [-0.2, -0.15) is 0 Å². The third-order valence-corrected chi connectivity index (χ3v) is 4.72. The number of nitrogens with one attached hydrogen (secondary N) is 1. The molecule has 0 fully saturated rings. The number of methoxy groups -OCH3 is 1. The maximum atomic E-state index is 12.5. The third-order valence-electron chi connectivity index (χ3n) is 4.72. The van der Waals surface area contributed by atoms with E-state index in [0.29, 0.717) is 5.75 Å². The largest absolute Gasteiger partial charge is 0.497 e. The topological polar surface area (TPSA) is 113 Å². The Hall–Kier alpha value is -3.68. The van der Waals surface area contributed by atoms with Crippen LogP contribution in [0.5, 0.6) is 5.75 Å². The number of nitrogens with zero attached hydrogens (tertiary/aromatic N) is 1. The number of amides is 3. The van der Waals surface area contributed by atoms with Crippen molar-refractivity contribution in [3.05, 3.63) is 65.2 Å². The lowest BCUT2D eigenvalue weighted by Gasteiger charge is -2.22. The number of carboxylic acid groups (broad SMARTS) is 1. The molecule has 0 saturated heterocycles. The molecule has 0 aliphatic carbocycles. The molecule has 3 rings (SSSR count). The number of hydrogen-bond donors (Lipinski definition) is 2. The van der Waals surface area contributed by atoms with Crippen molar-refractivity contribution in [3.8, 4) is 5.75 Å². The van der Waals surface area contributed by atoms with E-state index in [1.54, 1.807) is 43.5 Å². The summed E-state index contributed by atoms with van der Waals surface area (Å²) in [5.74, 6) is -2.32. The minimum atomic E-state index is -1.41. The Morgan fingerprint density at radius 3 is 2.14 bits per heavy atom. The molecule has 1 atom stereocenters. The molecule has 2 aromatic carbocycles. The van der Waals surface area contributed by atoms with Crippen LogP contribution in [-0.2, 0) is 16.1 Å². The number of fused-ring (bicyclic) bond motifs is 1. The summed E-state index contributed by atoms with van der Waals surface area (Å²) < 4.78 is 5.07. The third kappa shape index (κ3) is 4.26. The van der Waals surface area contributed by atoms with Gasteiger partial charge in [-0.05, 0) is 36.2 Å². The van der Waals surface area contributed by atoms with E-state index in [-0.39, 0.29) is 36.4 Å². The standard InChI is InChI=1S/C21H20N2O6/c1-29-14-8-6-13(7-9-14)12-22-18(24)11-10-17(21(27)28)23-19(25)15-4-2-3-5-16(15)20(23)26/h2-9,17H,10-12H2,1H3,(H,22,24)(H,27,28)/t17-/m0/s1. The SMILES string of the molecule is COc1ccc(CNC(=O)CC[C@@H](C(=O)O)N2C(=O)c3ccccc3C2=O)cc1. The van der Waals surface area contributed by atoms with Crippen LogP contribution >= 0.6 is 0 Å². The molecule has 0 aromatic heterocycles. The summed E-state index contributed by atoms with van der Waals surface area (Å²) in [6, 6.07) is 11.9. The summed E-state index contributed by atoms with van der Waals surface area (Å²) in [6.07, 6.45) is -0.310. The van der Waals surface area contributed by atoms with E-state index in [1.807, 2.05) is 0 Å². The number of carboxylic acids is 1. The van der Waals surface area contributed by atoms with Gasteiger partial charge >= 0.3 is 5.97 Å². The molecule has 0 spiro atoms. The van der Waals surface area contributed by atoms with Crippen LogP contribution in [0, 0.1) is 0 Å². The molecule has 0 radical (unpaired) electrons. The fraction of sp³-hybridized carbons (Fsp3) is 0.238. The molecule has 2 N–H and O–H groups in total. The molecule has 0 bridgehead atoms. The number of aliphatic carboxylic acids is 1. The van der Waals surface area contributed by atoms with Crippen molar-refractivity contribution in [1.29, 1.82) is 0 Å². The van der Waals surface area contributed by atoms with Gasteiger partial charge in [0.1, 0.15) is 11.8 Å². The van der Waals surface area contributed by atoms with Crippen LogP contribution in [0.4, 0.5) is 0 Å². The first kappa shape index (κ1) is 20.1. The first-order valence-electron chi connectivity index (χ1n) is 9.01. The summed E-state index contributed by atoms with van der Waals surface area (Å²) >= 11 is 0. The Labute approximate surface area is 167 Å². The minimum Gasteiger partial charge on any atom is -0.497 e. The van der Waals surface area contributed by atoms with E-state index in [2.05, 4.69) is 5.32 Å². The first-order chi connectivity index (χ1) is 13.9. The van der Waals surface area contributed by atoms with E-state index < -0.39 is 23.8 Å². The van der Waals surface area contributed by atoms with Crippen LogP contribution in [0.15, 0.2) is 48.5 Å². The molecule has 0 saturated carbocycles. The van der Waals surface area contributed by atoms with Crippen molar-refractivity contribution < 1.29 is 29.0 Å². The molecule has 8 heteroatoms. The van der Waals surface area contributed by atoms with Gasteiger partial charge in [-0.3, -0.25) is 19.3 Å². The fourth-order valence-corrected chi connectivity index (χ4v) is 3.15. The molecular formula is C21H20N2O6. The number of imide groups is 1. The van der Waals surface area contributed by atoms with Gasteiger partial charge in [-0.25, -0.2) is 4.79 Å². The van der Waals surface area contributed by atoms with Crippen molar-refractivity contribution >= 4 is 23.7 Å². The van der Waals surface area contributed by atoms with E-state index in [9.17, 15) is 24.3 Å². The molecule has 1 aliphatic heterocycles.